The number of hydrogen-bond donors (Lipinski definition) is 1. The summed E-state index contributed by atoms with van der Waals surface area (Å²) in [4.78, 5) is 23.6. The Balaban J connectivity index is 1.67. The maximum atomic E-state index is 12.0. The zero-order valence-corrected chi connectivity index (χ0v) is 18.1. The SMILES string of the molecule is Cc1ccc(-c2cn(C3CCS(=O)(=O)C3)c(C)c2COc2cnc(C(N)=O)cn2)cn1. The van der Waals surface area contributed by atoms with Gasteiger partial charge in [-0.1, -0.05) is 6.07 Å². The molecule has 1 amide bonds. The van der Waals surface area contributed by atoms with E-state index < -0.39 is 15.7 Å². The van der Waals surface area contributed by atoms with Gasteiger partial charge in [-0.2, -0.15) is 0 Å². The van der Waals surface area contributed by atoms with Gasteiger partial charge < -0.3 is 15.0 Å². The molecule has 1 saturated heterocycles. The fourth-order valence-corrected chi connectivity index (χ4v) is 5.47. The average molecular weight is 442 g/mol. The summed E-state index contributed by atoms with van der Waals surface area (Å²) in [6, 6.07) is 3.81. The summed E-state index contributed by atoms with van der Waals surface area (Å²) in [5, 5.41) is 0. The molecule has 0 aromatic carbocycles. The van der Waals surface area contributed by atoms with Crippen molar-refractivity contribution in [2.75, 3.05) is 11.5 Å². The molecule has 9 nitrogen and oxygen atoms in total. The molecule has 3 aromatic rings. The first-order valence-corrected chi connectivity index (χ1v) is 11.6. The Morgan fingerprint density at radius 1 is 1.19 bits per heavy atom. The van der Waals surface area contributed by atoms with Gasteiger partial charge in [0.05, 0.1) is 23.9 Å². The van der Waals surface area contributed by atoms with Crippen molar-refractivity contribution >= 4 is 15.7 Å². The van der Waals surface area contributed by atoms with Crippen LogP contribution in [-0.2, 0) is 16.4 Å². The number of sulfone groups is 1. The predicted molar refractivity (Wildman–Crippen MR) is 114 cm³/mol. The van der Waals surface area contributed by atoms with Crippen LogP contribution in [-0.4, -0.2) is 45.3 Å². The maximum Gasteiger partial charge on any atom is 0.268 e. The third-order valence-corrected chi connectivity index (χ3v) is 7.24. The third kappa shape index (κ3) is 4.43. The molecule has 1 aliphatic rings. The van der Waals surface area contributed by atoms with E-state index in [1.54, 1.807) is 6.20 Å². The minimum Gasteiger partial charge on any atom is -0.472 e. The molecule has 0 aliphatic carbocycles. The van der Waals surface area contributed by atoms with Crippen LogP contribution in [0.15, 0.2) is 36.9 Å². The molecule has 3 aromatic heterocycles. The van der Waals surface area contributed by atoms with Gasteiger partial charge in [0.15, 0.2) is 9.84 Å². The van der Waals surface area contributed by atoms with E-state index in [4.69, 9.17) is 10.5 Å². The largest absolute Gasteiger partial charge is 0.472 e. The molecule has 0 radical (unpaired) electrons. The lowest BCUT2D eigenvalue weighted by molar-refractivity contribution is 0.0995. The van der Waals surface area contributed by atoms with Crippen LogP contribution in [0.4, 0.5) is 0 Å². The van der Waals surface area contributed by atoms with Gasteiger partial charge in [0.2, 0.25) is 5.88 Å². The Bertz CT molecular complexity index is 1220. The number of hydrogen-bond acceptors (Lipinski definition) is 7. The van der Waals surface area contributed by atoms with E-state index in [0.29, 0.717) is 6.42 Å². The monoisotopic (exact) mass is 441 g/mol. The van der Waals surface area contributed by atoms with Crippen LogP contribution in [0.1, 0.15) is 39.9 Å². The predicted octanol–water partition coefficient (Wildman–Crippen LogP) is 1.99. The van der Waals surface area contributed by atoms with E-state index in [-0.39, 0.29) is 35.7 Å². The number of aromatic nitrogens is 4. The Morgan fingerprint density at radius 3 is 2.58 bits per heavy atom. The van der Waals surface area contributed by atoms with Crippen LogP contribution in [0.3, 0.4) is 0 Å². The van der Waals surface area contributed by atoms with E-state index in [1.807, 2.05) is 36.7 Å². The fourth-order valence-electron chi connectivity index (χ4n) is 3.76. The molecule has 4 heterocycles. The molecule has 1 unspecified atom stereocenters. The smallest absolute Gasteiger partial charge is 0.268 e. The summed E-state index contributed by atoms with van der Waals surface area (Å²) in [5.41, 5.74) is 9.85. The molecule has 1 atom stereocenters. The van der Waals surface area contributed by atoms with Crippen LogP contribution >= 0.6 is 0 Å². The molecule has 4 rings (SSSR count). The normalized spacial score (nSPS) is 17.5. The number of ether oxygens (including phenoxy) is 1. The van der Waals surface area contributed by atoms with Crippen molar-refractivity contribution in [2.45, 2.75) is 32.9 Å². The molecule has 162 valence electrons. The molecule has 0 bridgehead atoms. The minimum atomic E-state index is -3.02. The molecule has 0 saturated carbocycles. The summed E-state index contributed by atoms with van der Waals surface area (Å²) < 4.78 is 31.9. The third-order valence-electron chi connectivity index (χ3n) is 5.49. The molecular formula is C21H23N5O4S. The highest BCUT2D eigenvalue weighted by Gasteiger charge is 2.31. The highest BCUT2D eigenvalue weighted by atomic mass is 32.2. The Kier molecular flexibility index (Phi) is 5.48. The number of nitrogens with two attached hydrogens (primary N) is 1. The Labute approximate surface area is 180 Å². The molecule has 10 heteroatoms. The number of carbonyl (C=O) groups excluding carboxylic acids is 1. The van der Waals surface area contributed by atoms with E-state index in [1.165, 1.54) is 12.4 Å². The van der Waals surface area contributed by atoms with Gasteiger partial charge in [-0.25, -0.2) is 18.4 Å². The summed E-state index contributed by atoms with van der Waals surface area (Å²) in [5.74, 6) is -0.0695. The molecule has 1 fully saturated rings. The first-order valence-electron chi connectivity index (χ1n) is 9.82. The number of pyridine rings is 1. The van der Waals surface area contributed by atoms with Crippen molar-refractivity contribution in [2.24, 2.45) is 5.73 Å². The summed E-state index contributed by atoms with van der Waals surface area (Å²) in [6.07, 6.45) is 6.98. The van der Waals surface area contributed by atoms with Gasteiger partial charge in [-0.15, -0.1) is 0 Å². The molecular weight excluding hydrogens is 418 g/mol. The first-order chi connectivity index (χ1) is 14.7. The summed E-state index contributed by atoms with van der Waals surface area (Å²) >= 11 is 0. The van der Waals surface area contributed by atoms with Crippen molar-refractivity contribution in [3.05, 3.63) is 59.6 Å². The second-order valence-corrected chi connectivity index (χ2v) is 9.88. The number of primary amides is 1. The average Bonchev–Trinajstić information content (AvgIpc) is 3.26. The fraction of sp³-hybridized carbons (Fsp3) is 0.333. The van der Waals surface area contributed by atoms with E-state index >= 15 is 0 Å². The topological polar surface area (TPSA) is 130 Å². The highest BCUT2D eigenvalue weighted by Crippen LogP contribution is 2.34. The number of nitrogens with zero attached hydrogens (tertiary/aromatic N) is 4. The van der Waals surface area contributed by atoms with Crippen LogP contribution in [0.2, 0.25) is 0 Å². The number of amides is 1. The lowest BCUT2D eigenvalue weighted by atomic mass is 10.1. The summed E-state index contributed by atoms with van der Waals surface area (Å²) in [6.45, 7) is 4.07. The number of rotatable bonds is 6. The maximum absolute atomic E-state index is 12.0. The van der Waals surface area contributed by atoms with Crippen molar-refractivity contribution < 1.29 is 17.9 Å². The number of carbonyl (C=O) groups is 1. The molecule has 31 heavy (non-hydrogen) atoms. The number of aryl methyl sites for hydroxylation is 1. The zero-order chi connectivity index (χ0) is 22.2. The Hall–Kier alpha value is -3.27. The van der Waals surface area contributed by atoms with Gasteiger partial charge >= 0.3 is 0 Å². The second-order valence-electron chi connectivity index (χ2n) is 7.65. The van der Waals surface area contributed by atoms with Crippen LogP contribution in [0, 0.1) is 13.8 Å². The minimum absolute atomic E-state index is 0.0588. The van der Waals surface area contributed by atoms with E-state index in [0.717, 1.165) is 28.1 Å². The van der Waals surface area contributed by atoms with Crippen LogP contribution in [0.25, 0.3) is 11.1 Å². The first kappa shape index (κ1) is 21.0. The Morgan fingerprint density at radius 2 is 2.00 bits per heavy atom. The highest BCUT2D eigenvalue weighted by molar-refractivity contribution is 7.91. The van der Waals surface area contributed by atoms with E-state index in [2.05, 4.69) is 15.0 Å². The summed E-state index contributed by atoms with van der Waals surface area (Å²) in [7, 11) is -3.02. The van der Waals surface area contributed by atoms with Gasteiger partial charge in [0.25, 0.3) is 5.91 Å². The van der Waals surface area contributed by atoms with Crippen molar-refractivity contribution in [3.8, 4) is 17.0 Å². The van der Waals surface area contributed by atoms with Gasteiger partial charge in [0, 0.05) is 46.5 Å². The zero-order valence-electron chi connectivity index (χ0n) is 17.3. The molecule has 2 N–H and O–H groups in total. The molecule has 1 aliphatic heterocycles. The quantitative estimate of drug-likeness (QED) is 0.619. The van der Waals surface area contributed by atoms with Crippen molar-refractivity contribution in [1.82, 2.24) is 19.5 Å². The van der Waals surface area contributed by atoms with Crippen molar-refractivity contribution in [3.63, 3.8) is 0 Å². The lowest BCUT2D eigenvalue weighted by Crippen LogP contribution is -2.13. The van der Waals surface area contributed by atoms with Crippen molar-refractivity contribution in [1.29, 1.82) is 0 Å². The van der Waals surface area contributed by atoms with E-state index in [9.17, 15) is 13.2 Å². The lowest BCUT2D eigenvalue weighted by Gasteiger charge is -2.14. The van der Waals surface area contributed by atoms with Gasteiger partial charge in [-0.05, 0) is 26.3 Å². The standard InChI is InChI=1S/C21H23N5O4S/c1-13-3-4-15(7-23-13)17-10-26(16-5-6-31(28,29)12-16)14(2)18(17)11-30-20-9-24-19(8-25-20)21(22)27/h3-4,7-10,16H,5-6,11-12H2,1-2H3,(H2,22,27). The van der Waals surface area contributed by atoms with Gasteiger partial charge in [0.1, 0.15) is 12.3 Å². The van der Waals surface area contributed by atoms with Crippen LogP contribution < -0.4 is 10.5 Å². The van der Waals surface area contributed by atoms with Gasteiger partial charge in [-0.3, -0.25) is 9.78 Å². The van der Waals surface area contributed by atoms with Crippen LogP contribution in [0.5, 0.6) is 5.88 Å². The second kappa shape index (κ2) is 8.10. The molecule has 0 spiro atoms.